The standard InChI is InChI=1S/C20H17ClFNO4/c1-10-16(20(2,3)19(26)27)15-13(7-8-14(24)17(15)22)23(10)18(25)11-5-4-6-12(21)9-11/h4-9,24H,1-3H3,(H,26,27). The van der Waals surface area contributed by atoms with E-state index < -0.39 is 28.9 Å². The third-order valence-corrected chi connectivity index (χ3v) is 4.96. The number of hydrogen-bond acceptors (Lipinski definition) is 3. The largest absolute Gasteiger partial charge is 0.505 e. The van der Waals surface area contributed by atoms with Crippen LogP contribution in [0.5, 0.6) is 5.75 Å². The number of fused-ring (bicyclic) bond motifs is 1. The third-order valence-electron chi connectivity index (χ3n) is 4.72. The fraction of sp³-hybridized carbons (Fsp3) is 0.200. The van der Waals surface area contributed by atoms with Crippen LogP contribution in [0.1, 0.15) is 35.5 Å². The molecule has 27 heavy (non-hydrogen) atoms. The molecule has 0 amide bonds. The highest BCUT2D eigenvalue weighted by atomic mass is 35.5. The predicted molar refractivity (Wildman–Crippen MR) is 100 cm³/mol. The Morgan fingerprint density at radius 1 is 1.19 bits per heavy atom. The van der Waals surface area contributed by atoms with Crippen LogP contribution in [0.4, 0.5) is 4.39 Å². The number of carboxylic acid groups (broad SMARTS) is 1. The molecule has 2 N–H and O–H groups in total. The average Bonchev–Trinajstić information content (AvgIpc) is 2.90. The van der Waals surface area contributed by atoms with Crippen molar-refractivity contribution in [2.75, 3.05) is 0 Å². The summed E-state index contributed by atoms with van der Waals surface area (Å²) in [6.07, 6.45) is 0. The van der Waals surface area contributed by atoms with Gasteiger partial charge in [0.25, 0.3) is 5.91 Å². The van der Waals surface area contributed by atoms with Gasteiger partial charge in [0.15, 0.2) is 11.6 Å². The zero-order chi connectivity index (χ0) is 20.1. The van der Waals surface area contributed by atoms with Crippen molar-refractivity contribution in [2.45, 2.75) is 26.2 Å². The number of aliphatic carboxylic acids is 1. The Bertz CT molecular complexity index is 1100. The van der Waals surface area contributed by atoms with Gasteiger partial charge in [-0.3, -0.25) is 14.2 Å². The summed E-state index contributed by atoms with van der Waals surface area (Å²) < 4.78 is 16.0. The number of phenolic OH excluding ortho intramolecular Hbond substituents is 1. The summed E-state index contributed by atoms with van der Waals surface area (Å²) in [5.74, 6) is -3.23. The summed E-state index contributed by atoms with van der Waals surface area (Å²) in [7, 11) is 0. The highest BCUT2D eigenvalue weighted by Crippen LogP contribution is 2.39. The van der Waals surface area contributed by atoms with Crippen LogP contribution < -0.4 is 0 Å². The summed E-state index contributed by atoms with van der Waals surface area (Å²) in [4.78, 5) is 24.9. The number of aromatic nitrogens is 1. The summed E-state index contributed by atoms with van der Waals surface area (Å²) in [5, 5.41) is 19.7. The summed E-state index contributed by atoms with van der Waals surface area (Å²) in [6.45, 7) is 4.41. The van der Waals surface area contributed by atoms with Crippen molar-refractivity contribution in [3.8, 4) is 5.75 Å². The van der Waals surface area contributed by atoms with E-state index in [1.54, 1.807) is 25.1 Å². The third kappa shape index (κ3) is 2.86. The SMILES string of the molecule is Cc1c(C(C)(C)C(=O)O)c2c(F)c(O)ccc2n1C(=O)c1cccc(Cl)c1. The van der Waals surface area contributed by atoms with Gasteiger partial charge in [-0.1, -0.05) is 17.7 Å². The van der Waals surface area contributed by atoms with Crippen LogP contribution in [0.2, 0.25) is 5.02 Å². The van der Waals surface area contributed by atoms with Crippen molar-refractivity contribution < 1.29 is 24.2 Å². The number of hydrogen-bond donors (Lipinski definition) is 2. The number of carbonyl (C=O) groups excluding carboxylic acids is 1. The van der Waals surface area contributed by atoms with Gasteiger partial charge >= 0.3 is 5.97 Å². The molecule has 3 rings (SSSR count). The van der Waals surface area contributed by atoms with Gasteiger partial charge in [-0.25, -0.2) is 4.39 Å². The van der Waals surface area contributed by atoms with E-state index in [0.29, 0.717) is 5.02 Å². The van der Waals surface area contributed by atoms with Crippen molar-refractivity contribution in [2.24, 2.45) is 0 Å². The first kappa shape index (κ1) is 18.9. The maximum atomic E-state index is 14.8. The van der Waals surface area contributed by atoms with Gasteiger partial charge in [0.05, 0.1) is 10.9 Å². The molecule has 7 heteroatoms. The van der Waals surface area contributed by atoms with E-state index in [-0.39, 0.29) is 27.7 Å². The van der Waals surface area contributed by atoms with Crippen molar-refractivity contribution in [3.63, 3.8) is 0 Å². The molecule has 3 aromatic rings. The first-order chi connectivity index (χ1) is 12.6. The van der Waals surface area contributed by atoms with Crippen molar-refractivity contribution >= 4 is 34.4 Å². The van der Waals surface area contributed by atoms with E-state index in [1.165, 1.54) is 30.5 Å². The minimum absolute atomic E-state index is 0.0877. The molecule has 0 saturated heterocycles. The average molecular weight is 390 g/mol. The lowest BCUT2D eigenvalue weighted by Gasteiger charge is -2.20. The molecule has 140 valence electrons. The van der Waals surface area contributed by atoms with E-state index in [0.717, 1.165) is 6.07 Å². The van der Waals surface area contributed by atoms with E-state index in [9.17, 15) is 24.2 Å². The van der Waals surface area contributed by atoms with Gasteiger partial charge in [0.1, 0.15) is 0 Å². The summed E-state index contributed by atoms with van der Waals surface area (Å²) in [6, 6.07) is 8.81. The number of benzene rings is 2. The molecule has 0 radical (unpaired) electrons. The Labute approximate surface area is 159 Å². The minimum atomic E-state index is -1.49. The van der Waals surface area contributed by atoms with Crippen molar-refractivity contribution in [1.82, 2.24) is 4.57 Å². The molecule has 0 bridgehead atoms. The lowest BCUT2D eigenvalue weighted by Crippen LogP contribution is -2.29. The van der Waals surface area contributed by atoms with Crippen LogP contribution in [0.25, 0.3) is 10.9 Å². The molecule has 2 aromatic carbocycles. The van der Waals surface area contributed by atoms with Crippen LogP contribution >= 0.6 is 11.6 Å². The highest BCUT2D eigenvalue weighted by Gasteiger charge is 2.37. The molecular weight excluding hydrogens is 373 g/mol. The van der Waals surface area contributed by atoms with Crippen LogP contribution in [0, 0.1) is 12.7 Å². The normalized spacial score (nSPS) is 11.7. The van der Waals surface area contributed by atoms with E-state index >= 15 is 0 Å². The van der Waals surface area contributed by atoms with Gasteiger partial charge in [0.2, 0.25) is 0 Å². The van der Waals surface area contributed by atoms with Crippen LogP contribution in [0.3, 0.4) is 0 Å². The number of phenols is 1. The number of aromatic hydroxyl groups is 1. The first-order valence-electron chi connectivity index (χ1n) is 8.14. The van der Waals surface area contributed by atoms with Crippen LogP contribution in [0.15, 0.2) is 36.4 Å². The van der Waals surface area contributed by atoms with Gasteiger partial charge < -0.3 is 10.2 Å². The highest BCUT2D eigenvalue weighted by molar-refractivity contribution is 6.31. The molecular formula is C20H17ClFNO4. The van der Waals surface area contributed by atoms with Crippen molar-refractivity contribution in [1.29, 1.82) is 0 Å². The Balaban J connectivity index is 2.42. The van der Waals surface area contributed by atoms with Gasteiger partial charge in [-0.05, 0) is 51.1 Å². The number of nitrogens with zero attached hydrogens (tertiary/aromatic N) is 1. The molecule has 0 aliphatic heterocycles. The molecule has 5 nitrogen and oxygen atoms in total. The Morgan fingerprint density at radius 2 is 1.85 bits per heavy atom. The summed E-state index contributed by atoms with van der Waals surface area (Å²) >= 11 is 5.97. The smallest absolute Gasteiger partial charge is 0.313 e. The molecule has 0 spiro atoms. The van der Waals surface area contributed by atoms with Gasteiger partial charge in [-0.2, -0.15) is 0 Å². The Morgan fingerprint density at radius 3 is 2.44 bits per heavy atom. The molecule has 0 aliphatic carbocycles. The lowest BCUT2D eigenvalue weighted by molar-refractivity contribution is -0.142. The second-order valence-electron chi connectivity index (χ2n) is 6.83. The number of halogens is 2. The second kappa shape index (κ2) is 6.39. The van der Waals surface area contributed by atoms with Gasteiger partial charge in [-0.15, -0.1) is 0 Å². The van der Waals surface area contributed by atoms with Crippen LogP contribution in [-0.4, -0.2) is 26.7 Å². The Hall–Kier alpha value is -2.86. The Kier molecular flexibility index (Phi) is 4.48. The maximum absolute atomic E-state index is 14.8. The fourth-order valence-corrected chi connectivity index (χ4v) is 3.53. The molecule has 0 saturated carbocycles. The lowest BCUT2D eigenvalue weighted by atomic mass is 9.82. The zero-order valence-corrected chi connectivity index (χ0v) is 15.6. The van der Waals surface area contributed by atoms with E-state index in [1.807, 2.05) is 0 Å². The number of carboxylic acids is 1. The molecule has 0 unspecified atom stereocenters. The van der Waals surface area contributed by atoms with Crippen LogP contribution in [-0.2, 0) is 10.2 Å². The molecule has 0 aliphatic rings. The van der Waals surface area contributed by atoms with Gasteiger partial charge in [0, 0.05) is 27.2 Å². The van der Waals surface area contributed by atoms with E-state index in [2.05, 4.69) is 0 Å². The molecule has 1 aromatic heterocycles. The molecule has 1 heterocycles. The molecule has 0 atom stereocenters. The topological polar surface area (TPSA) is 79.5 Å². The zero-order valence-electron chi connectivity index (χ0n) is 14.9. The maximum Gasteiger partial charge on any atom is 0.313 e. The predicted octanol–water partition coefficient (Wildman–Crippen LogP) is 4.50. The summed E-state index contributed by atoms with van der Waals surface area (Å²) in [5.41, 5.74) is -0.620. The quantitative estimate of drug-likeness (QED) is 0.691. The minimum Gasteiger partial charge on any atom is -0.505 e. The second-order valence-corrected chi connectivity index (χ2v) is 7.27. The monoisotopic (exact) mass is 389 g/mol. The fourth-order valence-electron chi connectivity index (χ4n) is 3.34. The number of rotatable bonds is 3. The van der Waals surface area contributed by atoms with E-state index in [4.69, 9.17) is 11.6 Å². The molecule has 0 fully saturated rings. The first-order valence-corrected chi connectivity index (χ1v) is 8.51. The number of carbonyl (C=O) groups is 2. The van der Waals surface area contributed by atoms with Crippen molar-refractivity contribution in [3.05, 3.63) is 64.1 Å².